The average molecular weight is 534 g/mol. The molecule has 5 rings (SSSR count). The van der Waals surface area contributed by atoms with Gasteiger partial charge in [0, 0.05) is 37.0 Å². The highest BCUT2D eigenvalue weighted by Gasteiger charge is 2.44. The first-order valence-corrected chi connectivity index (χ1v) is 12.9. The Balaban J connectivity index is 0.000000225. The van der Waals surface area contributed by atoms with Crippen LogP contribution in [0.4, 0.5) is 15.1 Å². The Kier molecular flexibility index (Phi) is 7.89. The number of aliphatic hydroxyl groups is 1. The van der Waals surface area contributed by atoms with Crippen LogP contribution in [0.2, 0.25) is 5.02 Å². The Bertz CT molecular complexity index is 1190. The van der Waals surface area contributed by atoms with Gasteiger partial charge < -0.3 is 25.8 Å². The second kappa shape index (κ2) is 10.8. The zero-order valence-corrected chi connectivity index (χ0v) is 22.0. The molecule has 9 nitrogen and oxygen atoms in total. The van der Waals surface area contributed by atoms with E-state index in [2.05, 4.69) is 15.3 Å². The number of alkyl carbamates (subject to hydrolysis) is 1. The van der Waals surface area contributed by atoms with Crippen molar-refractivity contribution in [2.75, 3.05) is 19.3 Å². The van der Waals surface area contributed by atoms with Crippen LogP contribution in [0.3, 0.4) is 0 Å². The Hall–Kier alpha value is -2.98. The molecule has 0 radical (unpaired) electrons. The molecule has 1 aromatic carbocycles. The van der Waals surface area contributed by atoms with E-state index in [1.165, 1.54) is 19.3 Å². The van der Waals surface area contributed by atoms with Crippen molar-refractivity contribution in [1.82, 2.24) is 20.2 Å². The summed E-state index contributed by atoms with van der Waals surface area (Å²) in [4.78, 5) is 33.3. The van der Waals surface area contributed by atoms with Crippen LogP contribution in [0.5, 0.6) is 0 Å². The summed E-state index contributed by atoms with van der Waals surface area (Å²) in [5.41, 5.74) is 6.97. The van der Waals surface area contributed by atoms with Crippen molar-refractivity contribution >= 4 is 29.5 Å². The van der Waals surface area contributed by atoms with Gasteiger partial charge in [-0.25, -0.2) is 19.2 Å². The standard InChI is InChI=1S/C18H18ClFN4O.C8H15NO3/c1-18(2)8-24(10-3-4-10)16(25)14-11(18)5-9(6-13(14)20)15-12(19)7-22-17(21)23-15;1-9-8(11)12-7-4-2-3-6(10)5-7/h5-7,10H,3-4,8H2,1-2H3,(H2,21,22,23);6-7,10H,2-5H2,1H3,(H,9,11). The Morgan fingerprint density at radius 1 is 1.30 bits per heavy atom. The van der Waals surface area contributed by atoms with E-state index in [4.69, 9.17) is 22.1 Å². The SMILES string of the molecule is CC1(C)CN(C2CC2)C(=O)c2c(F)cc(-c3nc(N)ncc3Cl)cc21.CNC(=O)OC1CCCC(O)C1. The normalized spacial score (nSPS) is 22.4. The van der Waals surface area contributed by atoms with E-state index in [0.29, 0.717) is 29.8 Å². The first kappa shape index (κ1) is 27.1. The van der Waals surface area contributed by atoms with Crippen molar-refractivity contribution in [1.29, 1.82) is 0 Å². The molecule has 0 spiro atoms. The van der Waals surface area contributed by atoms with Crippen LogP contribution in [0.1, 0.15) is 68.3 Å². The summed E-state index contributed by atoms with van der Waals surface area (Å²) in [6.07, 6.45) is 5.77. The maximum atomic E-state index is 14.9. The number of aromatic nitrogens is 2. The maximum absolute atomic E-state index is 14.9. The molecule has 2 aliphatic carbocycles. The van der Waals surface area contributed by atoms with E-state index >= 15 is 0 Å². The summed E-state index contributed by atoms with van der Waals surface area (Å²) < 4.78 is 19.9. The van der Waals surface area contributed by atoms with Crippen LogP contribution in [-0.4, -0.2) is 63.8 Å². The minimum absolute atomic E-state index is 0.0628. The lowest BCUT2D eigenvalue weighted by molar-refractivity contribution is 0.0237. The van der Waals surface area contributed by atoms with Gasteiger partial charge in [0.2, 0.25) is 5.95 Å². The van der Waals surface area contributed by atoms with E-state index in [0.717, 1.165) is 32.1 Å². The van der Waals surface area contributed by atoms with Crippen molar-refractivity contribution in [3.05, 3.63) is 40.3 Å². The molecule has 0 bridgehead atoms. The molecule has 0 saturated heterocycles. The van der Waals surface area contributed by atoms with Gasteiger partial charge in [0.15, 0.2) is 0 Å². The summed E-state index contributed by atoms with van der Waals surface area (Å²) in [6, 6.07) is 3.35. The van der Waals surface area contributed by atoms with Gasteiger partial charge >= 0.3 is 6.09 Å². The van der Waals surface area contributed by atoms with Crippen molar-refractivity contribution in [2.24, 2.45) is 0 Å². The number of nitrogens with one attached hydrogen (secondary N) is 1. The molecule has 2 heterocycles. The predicted molar refractivity (Wildman–Crippen MR) is 138 cm³/mol. The van der Waals surface area contributed by atoms with Crippen LogP contribution in [0.15, 0.2) is 18.3 Å². The third kappa shape index (κ3) is 6.13. The molecule has 1 aliphatic heterocycles. The van der Waals surface area contributed by atoms with Gasteiger partial charge in [-0.05, 0) is 49.8 Å². The summed E-state index contributed by atoms with van der Waals surface area (Å²) in [6.45, 7) is 4.62. The number of aliphatic hydroxyl groups excluding tert-OH is 1. The number of ether oxygens (including phenoxy) is 1. The molecule has 2 saturated carbocycles. The van der Waals surface area contributed by atoms with Crippen molar-refractivity contribution in [3.8, 4) is 11.3 Å². The maximum Gasteiger partial charge on any atom is 0.407 e. The first-order chi connectivity index (χ1) is 17.5. The van der Waals surface area contributed by atoms with Crippen LogP contribution >= 0.6 is 11.6 Å². The molecule has 1 aromatic heterocycles. The van der Waals surface area contributed by atoms with Crippen LogP contribution < -0.4 is 11.1 Å². The van der Waals surface area contributed by atoms with E-state index in [-0.39, 0.29) is 46.1 Å². The number of hydrogen-bond acceptors (Lipinski definition) is 7. The number of amides is 2. The third-order valence-corrected chi connectivity index (χ3v) is 7.24. The number of carbonyl (C=O) groups is 2. The molecular weight excluding hydrogens is 501 g/mol. The largest absolute Gasteiger partial charge is 0.446 e. The topological polar surface area (TPSA) is 131 Å². The third-order valence-electron chi connectivity index (χ3n) is 6.96. The number of fused-ring (bicyclic) bond motifs is 1. The predicted octanol–water partition coefficient (Wildman–Crippen LogP) is 4.06. The van der Waals surface area contributed by atoms with E-state index in [1.807, 2.05) is 13.8 Å². The monoisotopic (exact) mass is 533 g/mol. The number of halogens is 2. The van der Waals surface area contributed by atoms with Gasteiger partial charge in [0.25, 0.3) is 5.91 Å². The number of nitrogens with two attached hydrogens (primary N) is 1. The second-order valence-electron chi connectivity index (χ2n) is 10.5. The van der Waals surface area contributed by atoms with Crippen molar-refractivity contribution < 1.29 is 23.8 Å². The Morgan fingerprint density at radius 2 is 2.03 bits per heavy atom. The smallest absolute Gasteiger partial charge is 0.407 e. The van der Waals surface area contributed by atoms with Gasteiger partial charge in [-0.3, -0.25) is 4.79 Å². The van der Waals surface area contributed by atoms with Crippen LogP contribution in [0, 0.1) is 5.82 Å². The molecule has 11 heteroatoms. The van der Waals surface area contributed by atoms with Gasteiger partial charge in [-0.1, -0.05) is 25.4 Å². The fraction of sp³-hybridized carbons (Fsp3) is 0.538. The summed E-state index contributed by atoms with van der Waals surface area (Å²) >= 11 is 6.16. The lowest BCUT2D eigenvalue weighted by Crippen LogP contribution is -2.48. The zero-order valence-electron chi connectivity index (χ0n) is 21.3. The average Bonchev–Trinajstić information content (AvgIpc) is 3.68. The minimum atomic E-state index is -0.552. The summed E-state index contributed by atoms with van der Waals surface area (Å²) in [5.74, 6) is -0.717. The minimum Gasteiger partial charge on any atom is -0.446 e. The van der Waals surface area contributed by atoms with Gasteiger partial charge in [-0.2, -0.15) is 0 Å². The molecule has 3 aliphatic rings. The molecule has 2 atom stereocenters. The summed E-state index contributed by atoms with van der Waals surface area (Å²) in [7, 11) is 1.53. The Labute approximate surface area is 220 Å². The quantitative estimate of drug-likeness (QED) is 0.542. The fourth-order valence-corrected chi connectivity index (χ4v) is 5.12. The molecule has 200 valence electrons. The van der Waals surface area contributed by atoms with E-state index in [9.17, 15) is 19.1 Å². The molecule has 2 aromatic rings. The fourth-order valence-electron chi connectivity index (χ4n) is 4.92. The zero-order chi connectivity index (χ0) is 26.9. The highest BCUT2D eigenvalue weighted by molar-refractivity contribution is 6.32. The van der Waals surface area contributed by atoms with Gasteiger partial charge in [0.05, 0.1) is 28.6 Å². The molecular formula is C26H33ClFN5O4. The van der Waals surface area contributed by atoms with Gasteiger partial charge in [-0.15, -0.1) is 0 Å². The molecule has 4 N–H and O–H groups in total. The molecule has 2 fully saturated rings. The van der Waals surface area contributed by atoms with E-state index < -0.39 is 11.9 Å². The van der Waals surface area contributed by atoms with Gasteiger partial charge in [0.1, 0.15) is 11.9 Å². The number of carbonyl (C=O) groups excluding carboxylic acids is 2. The van der Waals surface area contributed by atoms with Crippen molar-refractivity contribution in [3.63, 3.8) is 0 Å². The number of hydrogen-bond donors (Lipinski definition) is 3. The van der Waals surface area contributed by atoms with E-state index in [1.54, 1.807) is 11.0 Å². The Morgan fingerprint density at radius 3 is 2.68 bits per heavy atom. The highest BCUT2D eigenvalue weighted by Crippen LogP contribution is 2.42. The first-order valence-electron chi connectivity index (χ1n) is 12.5. The molecule has 37 heavy (non-hydrogen) atoms. The number of rotatable bonds is 3. The molecule has 2 unspecified atom stereocenters. The number of anilines is 1. The number of benzene rings is 1. The lowest BCUT2D eigenvalue weighted by atomic mass is 9.77. The van der Waals surface area contributed by atoms with Crippen LogP contribution in [0.25, 0.3) is 11.3 Å². The molecule has 2 amide bonds. The summed E-state index contributed by atoms with van der Waals surface area (Å²) in [5, 5.41) is 11.9. The number of nitrogen functional groups attached to an aromatic ring is 1. The lowest BCUT2D eigenvalue weighted by Gasteiger charge is -2.40. The number of nitrogens with zero attached hydrogens (tertiary/aromatic N) is 3. The highest BCUT2D eigenvalue weighted by atomic mass is 35.5. The van der Waals surface area contributed by atoms with Crippen molar-refractivity contribution in [2.45, 2.75) is 76.0 Å². The second-order valence-corrected chi connectivity index (χ2v) is 10.9. The van der Waals surface area contributed by atoms with Crippen LogP contribution in [-0.2, 0) is 10.2 Å².